The number of hydrogen-bond donors (Lipinski definition) is 1. The van der Waals surface area contributed by atoms with Gasteiger partial charge < -0.3 is 24.6 Å². The fourth-order valence-corrected chi connectivity index (χ4v) is 3.07. The third-order valence-electron chi connectivity index (χ3n) is 4.63. The molecule has 0 aromatic heterocycles. The smallest absolute Gasteiger partial charge is 0.227 e. The van der Waals surface area contributed by atoms with Gasteiger partial charge in [0.1, 0.15) is 11.5 Å². The molecule has 1 aliphatic heterocycles. The van der Waals surface area contributed by atoms with Crippen LogP contribution in [0.15, 0.2) is 48.5 Å². The summed E-state index contributed by atoms with van der Waals surface area (Å²) in [5.74, 6) is 1.20. The van der Waals surface area contributed by atoms with E-state index in [-0.39, 0.29) is 12.3 Å². The van der Waals surface area contributed by atoms with Gasteiger partial charge in [-0.05, 0) is 30.3 Å². The summed E-state index contributed by atoms with van der Waals surface area (Å²) in [6.07, 6.45) is 1.12. The zero-order chi connectivity index (χ0) is 19.8. The Balaban J connectivity index is 1.58. The molecule has 3 rings (SSSR count). The van der Waals surface area contributed by atoms with Gasteiger partial charge in [0.05, 0.1) is 25.8 Å². The van der Waals surface area contributed by atoms with Crippen LogP contribution in [0.1, 0.15) is 6.42 Å². The molecule has 1 N–H and O–H groups in total. The maximum Gasteiger partial charge on any atom is 0.227 e. The van der Waals surface area contributed by atoms with Gasteiger partial charge in [-0.2, -0.15) is 0 Å². The molecule has 2 amide bonds. The molecular weight excluding hydrogens is 358 g/mol. The maximum atomic E-state index is 12.3. The van der Waals surface area contributed by atoms with Crippen LogP contribution in [0.3, 0.4) is 0 Å². The average molecular weight is 383 g/mol. The number of nitrogens with one attached hydrogen (secondary N) is 1. The van der Waals surface area contributed by atoms with Gasteiger partial charge in [0.25, 0.3) is 0 Å². The first kappa shape index (κ1) is 19.5. The molecule has 1 heterocycles. The summed E-state index contributed by atoms with van der Waals surface area (Å²) in [6, 6.07) is 15.1. The highest BCUT2D eigenvalue weighted by Gasteiger charge is 2.17. The number of carbonyl (C=O) groups is 2. The van der Waals surface area contributed by atoms with Gasteiger partial charge in [-0.15, -0.1) is 0 Å². The number of nitrogens with zero attached hydrogens (tertiary/aromatic N) is 2. The van der Waals surface area contributed by atoms with Gasteiger partial charge in [0, 0.05) is 31.9 Å². The molecule has 7 nitrogen and oxygen atoms in total. The predicted molar refractivity (Wildman–Crippen MR) is 108 cm³/mol. The lowest BCUT2D eigenvalue weighted by molar-refractivity contribution is -0.118. The van der Waals surface area contributed by atoms with Crippen LogP contribution in [0, 0.1) is 0 Å². The molecule has 0 spiro atoms. The van der Waals surface area contributed by atoms with E-state index in [0.717, 1.165) is 30.9 Å². The second-order valence-electron chi connectivity index (χ2n) is 6.47. The van der Waals surface area contributed by atoms with E-state index in [2.05, 4.69) is 10.2 Å². The second-order valence-corrected chi connectivity index (χ2v) is 6.47. The fraction of sp³-hybridized carbons (Fsp3) is 0.333. The van der Waals surface area contributed by atoms with Crippen molar-refractivity contribution >= 4 is 23.7 Å². The molecule has 1 fully saturated rings. The van der Waals surface area contributed by atoms with Crippen LogP contribution < -0.4 is 19.7 Å². The lowest BCUT2D eigenvalue weighted by Gasteiger charge is -2.34. The summed E-state index contributed by atoms with van der Waals surface area (Å²) >= 11 is 0. The second kappa shape index (κ2) is 9.64. The molecule has 0 aliphatic carbocycles. The van der Waals surface area contributed by atoms with Crippen LogP contribution in [-0.4, -0.2) is 57.1 Å². The number of benzene rings is 2. The van der Waals surface area contributed by atoms with Gasteiger partial charge >= 0.3 is 0 Å². The molecule has 28 heavy (non-hydrogen) atoms. The Hall–Kier alpha value is -3.22. The van der Waals surface area contributed by atoms with Gasteiger partial charge in [-0.1, -0.05) is 18.2 Å². The molecule has 0 saturated carbocycles. The molecule has 0 radical (unpaired) electrons. The number of carbonyl (C=O) groups excluding carboxylic acids is 2. The Kier molecular flexibility index (Phi) is 6.73. The molecule has 7 heteroatoms. The summed E-state index contributed by atoms with van der Waals surface area (Å²) in [4.78, 5) is 27.2. The monoisotopic (exact) mass is 383 g/mol. The summed E-state index contributed by atoms with van der Waals surface area (Å²) < 4.78 is 11.0. The largest absolute Gasteiger partial charge is 0.495 e. The molecule has 1 saturated heterocycles. The van der Waals surface area contributed by atoms with Gasteiger partial charge in [0.15, 0.2) is 0 Å². The first-order chi connectivity index (χ1) is 13.7. The highest BCUT2D eigenvalue weighted by molar-refractivity contribution is 5.93. The zero-order valence-corrected chi connectivity index (χ0v) is 16.0. The lowest BCUT2D eigenvalue weighted by Crippen LogP contribution is -2.45. The lowest BCUT2D eigenvalue weighted by atomic mass is 10.2. The molecule has 0 unspecified atom stereocenters. The first-order valence-corrected chi connectivity index (χ1v) is 9.29. The topological polar surface area (TPSA) is 71.1 Å². The summed E-state index contributed by atoms with van der Waals surface area (Å²) in [5.41, 5.74) is 1.62. The summed E-state index contributed by atoms with van der Waals surface area (Å²) in [7, 11) is 1.58. The molecular formula is C21H25N3O4. The van der Waals surface area contributed by atoms with Crippen LogP contribution in [0.25, 0.3) is 0 Å². The van der Waals surface area contributed by atoms with Crippen molar-refractivity contribution in [2.45, 2.75) is 6.42 Å². The number of anilines is 2. The first-order valence-electron chi connectivity index (χ1n) is 9.29. The molecule has 1 aliphatic rings. The van der Waals surface area contributed by atoms with Crippen molar-refractivity contribution < 1.29 is 19.1 Å². The standard InChI is InChI=1S/C21H25N3O4/c1-27-20-8-7-17(24-12-10-23(16-25)11-13-24)15-19(20)22-21(26)9-14-28-18-5-3-2-4-6-18/h2-8,15-16H,9-14H2,1H3,(H,22,26). The number of ether oxygens (including phenoxy) is 2. The van der Waals surface area contributed by atoms with Gasteiger partial charge in [-0.25, -0.2) is 0 Å². The predicted octanol–water partition coefficient (Wildman–Crippen LogP) is 2.38. The quantitative estimate of drug-likeness (QED) is 0.709. The van der Waals surface area contributed by atoms with E-state index in [9.17, 15) is 9.59 Å². The highest BCUT2D eigenvalue weighted by atomic mass is 16.5. The van der Waals surface area contributed by atoms with Gasteiger partial charge in [0.2, 0.25) is 12.3 Å². The minimum Gasteiger partial charge on any atom is -0.495 e. The van der Waals surface area contributed by atoms with Crippen molar-refractivity contribution in [3.63, 3.8) is 0 Å². The van der Waals surface area contributed by atoms with E-state index in [0.29, 0.717) is 31.1 Å². The Labute approximate surface area is 164 Å². The van der Waals surface area contributed by atoms with Gasteiger partial charge in [-0.3, -0.25) is 9.59 Å². The molecule has 2 aromatic carbocycles. The number of para-hydroxylation sites is 1. The Morgan fingerprint density at radius 1 is 1.11 bits per heavy atom. The van der Waals surface area contributed by atoms with Crippen molar-refractivity contribution in [1.82, 2.24) is 4.90 Å². The molecule has 0 bridgehead atoms. The minimum absolute atomic E-state index is 0.142. The zero-order valence-electron chi connectivity index (χ0n) is 16.0. The normalized spacial score (nSPS) is 13.8. The summed E-state index contributed by atoms with van der Waals surface area (Å²) in [5, 5.41) is 2.91. The average Bonchev–Trinajstić information content (AvgIpc) is 2.74. The highest BCUT2D eigenvalue weighted by Crippen LogP contribution is 2.30. The third-order valence-corrected chi connectivity index (χ3v) is 4.63. The maximum absolute atomic E-state index is 12.3. The third kappa shape index (κ3) is 5.16. The number of piperazine rings is 1. The Bertz CT molecular complexity index is 789. The van der Waals surface area contributed by atoms with Crippen molar-refractivity contribution in [2.24, 2.45) is 0 Å². The van der Waals surface area contributed by atoms with Crippen LogP contribution in [0.5, 0.6) is 11.5 Å². The van der Waals surface area contributed by atoms with E-state index < -0.39 is 0 Å². The minimum atomic E-state index is -0.142. The van der Waals surface area contributed by atoms with Crippen LogP contribution in [0.4, 0.5) is 11.4 Å². The molecule has 148 valence electrons. The van der Waals surface area contributed by atoms with E-state index in [4.69, 9.17) is 9.47 Å². The number of rotatable bonds is 8. The Morgan fingerprint density at radius 2 is 1.86 bits per heavy atom. The van der Waals surface area contributed by atoms with E-state index in [1.54, 1.807) is 12.0 Å². The van der Waals surface area contributed by atoms with Crippen molar-refractivity contribution in [1.29, 1.82) is 0 Å². The van der Waals surface area contributed by atoms with Crippen molar-refractivity contribution in [3.05, 3.63) is 48.5 Å². The Morgan fingerprint density at radius 3 is 2.54 bits per heavy atom. The molecule has 2 aromatic rings. The van der Waals surface area contributed by atoms with Crippen molar-refractivity contribution in [3.8, 4) is 11.5 Å². The summed E-state index contributed by atoms with van der Waals surface area (Å²) in [6.45, 7) is 3.18. The van der Waals surface area contributed by atoms with Crippen LogP contribution in [-0.2, 0) is 9.59 Å². The number of methoxy groups -OCH3 is 1. The van der Waals surface area contributed by atoms with Crippen molar-refractivity contribution in [2.75, 3.05) is 50.1 Å². The number of amides is 2. The van der Waals surface area contributed by atoms with Crippen LogP contribution in [0.2, 0.25) is 0 Å². The van der Waals surface area contributed by atoms with E-state index >= 15 is 0 Å². The fourth-order valence-electron chi connectivity index (χ4n) is 3.07. The number of hydrogen-bond acceptors (Lipinski definition) is 5. The van der Waals surface area contributed by atoms with Crippen LogP contribution >= 0.6 is 0 Å². The van der Waals surface area contributed by atoms with E-state index in [1.807, 2.05) is 48.5 Å². The van der Waals surface area contributed by atoms with E-state index in [1.165, 1.54) is 0 Å². The molecule has 0 atom stereocenters. The SMILES string of the molecule is COc1ccc(N2CCN(C=O)CC2)cc1NC(=O)CCOc1ccccc1.